The molecule has 33 heavy (non-hydrogen) atoms. The second-order valence-electron chi connectivity index (χ2n) is 8.06. The van der Waals surface area contributed by atoms with Gasteiger partial charge in [0.2, 0.25) is 5.91 Å². The topological polar surface area (TPSA) is 119 Å². The van der Waals surface area contributed by atoms with Crippen LogP contribution in [0.4, 0.5) is 0 Å². The van der Waals surface area contributed by atoms with E-state index in [9.17, 15) is 9.59 Å². The number of benzene rings is 1. The molecule has 5 rings (SSSR count). The van der Waals surface area contributed by atoms with Gasteiger partial charge in [0.25, 0.3) is 11.8 Å². The van der Waals surface area contributed by atoms with Crippen molar-refractivity contribution in [2.45, 2.75) is 26.3 Å². The normalized spacial score (nSPS) is 14.5. The van der Waals surface area contributed by atoms with Gasteiger partial charge in [-0.1, -0.05) is 23.4 Å². The number of nitrogens with zero attached hydrogens (tertiary/aromatic N) is 6. The maximum Gasteiger partial charge on any atom is 0.258 e. The number of likely N-dealkylation sites (tertiary alicyclic amines) is 1. The Morgan fingerprint density at radius 2 is 1.91 bits per heavy atom. The maximum absolute atomic E-state index is 12.7. The van der Waals surface area contributed by atoms with Gasteiger partial charge in [0.1, 0.15) is 0 Å². The van der Waals surface area contributed by atoms with Crippen molar-refractivity contribution in [1.82, 2.24) is 35.0 Å². The van der Waals surface area contributed by atoms with Crippen molar-refractivity contribution in [1.29, 1.82) is 0 Å². The van der Waals surface area contributed by atoms with Crippen LogP contribution in [-0.2, 0) is 11.3 Å². The van der Waals surface area contributed by atoms with Crippen LogP contribution in [0.15, 0.2) is 53.2 Å². The van der Waals surface area contributed by atoms with Gasteiger partial charge >= 0.3 is 0 Å². The highest BCUT2D eigenvalue weighted by Crippen LogP contribution is 2.21. The van der Waals surface area contributed by atoms with Crippen LogP contribution < -0.4 is 5.32 Å². The Hall–Kier alpha value is -4.08. The SMILES string of the molecule is Cc1noc(-c2ccn3c(CNC(=O)C4CCN(C(=O)c5ccccc5)CC4)nnc3c2)n1. The van der Waals surface area contributed by atoms with Crippen LogP contribution in [0.5, 0.6) is 0 Å². The molecular formula is C23H23N7O3. The first-order valence-corrected chi connectivity index (χ1v) is 10.8. The minimum Gasteiger partial charge on any atom is -0.349 e. The van der Waals surface area contributed by atoms with Crippen LogP contribution in [0.25, 0.3) is 17.1 Å². The molecule has 1 saturated heterocycles. The number of piperidine rings is 1. The van der Waals surface area contributed by atoms with E-state index in [1.165, 1.54) is 0 Å². The first-order chi connectivity index (χ1) is 16.1. The predicted octanol–water partition coefficient (Wildman–Crippen LogP) is 2.26. The van der Waals surface area contributed by atoms with Gasteiger partial charge in [-0.15, -0.1) is 10.2 Å². The lowest BCUT2D eigenvalue weighted by molar-refractivity contribution is -0.126. The van der Waals surface area contributed by atoms with Crippen molar-refractivity contribution in [3.05, 3.63) is 65.9 Å². The Bertz CT molecular complexity index is 1290. The lowest BCUT2D eigenvalue weighted by Gasteiger charge is -2.31. The summed E-state index contributed by atoms with van der Waals surface area (Å²) in [7, 11) is 0. The molecule has 4 aromatic rings. The molecule has 0 aliphatic carbocycles. The molecule has 1 aromatic carbocycles. The number of aryl methyl sites for hydroxylation is 1. The number of hydrogen-bond donors (Lipinski definition) is 1. The Labute approximate surface area is 189 Å². The van der Waals surface area contributed by atoms with Crippen molar-refractivity contribution in [2.75, 3.05) is 13.1 Å². The summed E-state index contributed by atoms with van der Waals surface area (Å²) < 4.78 is 7.01. The van der Waals surface area contributed by atoms with Gasteiger partial charge in [0.15, 0.2) is 17.3 Å². The Morgan fingerprint density at radius 3 is 2.64 bits per heavy atom. The molecule has 1 fully saturated rings. The van der Waals surface area contributed by atoms with E-state index >= 15 is 0 Å². The summed E-state index contributed by atoms with van der Waals surface area (Å²) in [4.78, 5) is 31.3. The molecule has 1 aliphatic rings. The minimum atomic E-state index is -0.128. The fraction of sp³-hybridized carbons (Fsp3) is 0.304. The van der Waals surface area contributed by atoms with E-state index in [1.807, 2.05) is 58.0 Å². The third-order valence-corrected chi connectivity index (χ3v) is 5.85. The first kappa shape index (κ1) is 20.8. The zero-order valence-corrected chi connectivity index (χ0v) is 18.1. The van der Waals surface area contributed by atoms with Crippen LogP contribution >= 0.6 is 0 Å². The van der Waals surface area contributed by atoms with Gasteiger partial charge in [0, 0.05) is 36.3 Å². The molecule has 0 spiro atoms. The summed E-state index contributed by atoms with van der Waals surface area (Å²) in [5.74, 6) is 1.46. The lowest BCUT2D eigenvalue weighted by atomic mass is 9.95. The van der Waals surface area contributed by atoms with Gasteiger partial charge in [-0.05, 0) is 44.0 Å². The Kier molecular flexibility index (Phi) is 5.55. The average Bonchev–Trinajstić information content (AvgIpc) is 3.48. The molecule has 1 aliphatic heterocycles. The molecule has 0 unspecified atom stereocenters. The molecule has 0 bridgehead atoms. The number of rotatable bonds is 5. The molecule has 10 nitrogen and oxygen atoms in total. The molecule has 3 aromatic heterocycles. The summed E-state index contributed by atoms with van der Waals surface area (Å²) in [6, 6.07) is 12.9. The molecule has 10 heteroatoms. The van der Waals surface area contributed by atoms with Gasteiger partial charge in [0.05, 0.1) is 6.54 Å². The van der Waals surface area contributed by atoms with Gasteiger partial charge in [-0.3, -0.25) is 14.0 Å². The second kappa shape index (κ2) is 8.81. The highest BCUT2D eigenvalue weighted by Gasteiger charge is 2.28. The van der Waals surface area contributed by atoms with Crippen molar-refractivity contribution >= 4 is 17.5 Å². The average molecular weight is 445 g/mol. The number of fused-ring (bicyclic) bond motifs is 1. The van der Waals surface area contributed by atoms with Gasteiger partial charge in [-0.25, -0.2) is 0 Å². The maximum atomic E-state index is 12.7. The standard InChI is InChI=1S/C23H23N7O3/c1-15-25-22(33-28-15)18-9-12-30-19(13-18)26-27-20(30)14-24-21(31)16-7-10-29(11-8-16)23(32)17-5-3-2-4-6-17/h2-6,9,12-13,16H,7-8,10-11,14H2,1H3,(H,24,31). The fourth-order valence-electron chi connectivity index (χ4n) is 4.03. The van der Waals surface area contributed by atoms with Crippen LogP contribution in [0.1, 0.15) is 34.8 Å². The largest absolute Gasteiger partial charge is 0.349 e. The van der Waals surface area contributed by atoms with Crippen LogP contribution in [-0.4, -0.2) is 54.5 Å². The third-order valence-electron chi connectivity index (χ3n) is 5.85. The molecule has 4 heterocycles. The van der Waals surface area contributed by atoms with Gasteiger partial charge < -0.3 is 14.7 Å². The summed E-state index contributed by atoms with van der Waals surface area (Å²) in [6.45, 7) is 3.16. The summed E-state index contributed by atoms with van der Waals surface area (Å²) in [5, 5.41) is 15.2. The first-order valence-electron chi connectivity index (χ1n) is 10.8. The number of aromatic nitrogens is 5. The Morgan fingerprint density at radius 1 is 1.12 bits per heavy atom. The van der Waals surface area contributed by atoms with Crippen molar-refractivity contribution in [3.63, 3.8) is 0 Å². The number of amides is 2. The third kappa shape index (κ3) is 4.32. The quantitative estimate of drug-likeness (QED) is 0.500. The number of carbonyl (C=O) groups is 2. The van der Waals surface area contributed by atoms with Crippen LogP contribution in [0.2, 0.25) is 0 Å². The molecular weight excluding hydrogens is 422 g/mol. The van der Waals surface area contributed by atoms with Crippen molar-refractivity contribution in [3.8, 4) is 11.5 Å². The van der Waals surface area contributed by atoms with Crippen molar-refractivity contribution < 1.29 is 14.1 Å². The molecule has 2 amide bonds. The Balaban J connectivity index is 1.17. The molecule has 168 valence electrons. The van der Waals surface area contributed by atoms with E-state index in [0.717, 1.165) is 5.56 Å². The van der Waals surface area contributed by atoms with Crippen LogP contribution in [0.3, 0.4) is 0 Å². The summed E-state index contributed by atoms with van der Waals surface area (Å²) in [5.41, 5.74) is 2.06. The highest BCUT2D eigenvalue weighted by atomic mass is 16.5. The second-order valence-corrected chi connectivity index (χ2v) is 8.06. The molecule has 0 atom stereocenters. The smallest absolute Gasteiger partial charge is 0.258 e. The molecule has 0 radical (unpaired) electrons. The van der Waals surface area contributed by atoms with E-state index in [0.29, 0.717) is 54.7 Å². The zero-order chi connectivity index (χ0) is 22.8. The molecule has 1 N–H and O–H groups in total. The van der Waals surface area contributed by atoms with Crippen LogP contribution in [0, 0.1) is 12.8 Å². The zero-order valence-electron chi connectivity index (χ0n) is 18.1. The number of pyridine rings is 1. The summed E-state index contributed by atoms with van der Waals surface area (Å²) >= 11 is 0. The van der Waals surface area contributed by atoms with Crippen molar-refractivity contribution in [2.24, 2.45) is 5.92 Å². The number of hydrogen-bond acceptors (Lipinski definition) is 7. The number of carbonyl (C=O) groups excluding carboxylic acids is 2. The van der Waals surface area contributed by atoms with E-state index in [1.54, 1.807) is 6.92 Å². The predicted molar refractivity (Wildman–Crippen MR) is 118 cm³/mol. The minimum absolute atomic E-state index is 0.0134. The summed E-state index contributed by atoms with van der Waals surface area (Å²) in [6.07, 6.45) is 3.09. The van der Waals surface area contributed by atoms with E-state index in [2.05, 4.69) is 25.7 Å². The fourth-order valence-corrected chi connectivity index (χ4v) is 4.03. The van der Waals surface area contributed by atoms with E-state index < -0.39 is 0 Å². The van der Waals surface area contributed by atoms with E-state index in [4.69, 9.17) is 4.52 Å². The highest BCUT2D eigenvalue weighted by molar-refractivity contribution is 5.94. The monoisotopic (exact) mass is 445 g/mol. The molecule has 0 saturated carbocycles. The van der Waals surface area contributed by atoms with E-state index in [-0.39, 0.29) is 24.3 Å². The number of nitrogens with one attached hydrogen (secondary N) is 1. The lowest BCUT2D eigenvalue weighted by Crippen LogP contribution is -2.43. The van der Waals surface area contributed by atoms with Gasteiger partial charge in [-0.2, -0.15) is 4.98 Å².